The van der Waals surface area contributed by atoms with E-state index in [1.807, 2.05) is 6.07 Å². The van der Waals surface area contributed by atoms with E-state index in [1.165, 1.54) is 0 Å². The van der Waals surface area contributed by atoms with E-state index in [0.717, 1.165) is 0 Å². The van der Waals surface area contributed by atoms with Crippen molar-refractivity contribution >= 4 is 23.5 Å². The lowest BCUT2D eigenvalue weighted by Gasteiger charge is -2.19. The first-order chi connectivity index (χ1) is 16.3. The highest BCUT2D eigenvalue weighted by Crippen LogP contribution is 2.23. The maximum absolute atomic E-state index is 13.1. The first-order valence-electron chi connectivity index (χ1n) is 10.9. The highest BCUT2D eigenvalue weighted by atomic mass is 16.5. The first-order valence-corrected chi connectivity index (χ1v) is 10.9. The van der Waals surface area contributed by atoms with Gasteiger partial charge in [-0.3, -0.25) is 9.59 Å². The van der Waals surface area contributed by atoms with Crippen LogP contribution in [0.15, 0.2) is 60.7 Å². The van der Waals surface area contributed by atoms with Crippen molar-refractivity contribution in [2.75, 3.05) is 19.0 Å². The van der Waals surface area contributed by atoms with Gasteiger partial charge >= 0.3 is 11.9 Å². The number of ether oxygens (including phenoxy) is 3. The number of hydrogen-bond donors (Lipinski definition) is 1. The zero-order chi connectivity index (χ0) is 24.7. The molecule has 0 radical (unpaired) electrons. The Balaban J connectivity index is 1.78. The molecule has 0 aliphatic rings. The van der Waals surface area contributed by atoms with Gasteiger partial charge in [-0.15, -0.1) is 0 Å². The van der Waals surface area contributed by atoms with Crippen LogP contribution in [0.1, 0.15) is 40.3 Å². The standard InChI is InChI=1S/C26H28N2O6/c1-5-33-26(31)22-15-17(2)28(18(22)3)16-23(29)34-24(19-9-7-6-8-10-19)25(30)27-20-11-13-21(32-4)14-12-20/h6-15,24H,5,16H2,1-4H3,(H,27,30). The normalized spacial score (nSPS) is 11.4. The molecule has 0 aliphatic carbocycles. The van der Waals surface area contributed by atoms with E-state index in [9.17, 15) is 14.4 Å². The van der Waals surface area contributed by atoms with Crippen molar-refractivity contribution < 1.29 is 28.6 Å². The molecule has 0 fully saturated rings. The monoisotopic (exact) mass is 464 g/mol. The van der Waals surface area contributed by atoms with Crippen molar-refractivity contribution in [3.63, 3.8) is 0 Å². The average Bonchev–Trinajstić information content (AvgIpc) is 3.12. The molecule has 1 unspecified atom stereocenters. The Morgan fingerprint density at radius 1 is 1.00 bits per heavy atom. The van der Waals surface area contributed by atoms with Crippen LogP contribution < -0.4 is 10.1 Å². The molecule has 0 saturated carbocycles. The molecule has 178 valence electrons. The minimum absolute atomic E-state index is 0.157. The van der Waals surface area contributed by atoms with Crippen LogP contribution in [0.4, 0.5) is 5.69 Å². The summed E-state index contributed by atoms with van der Waals surface area (Å²) < 4.78 is 17.5. The van der Waals surface area contributed by atoms with Crippen LogP contribution in [0.2, 0.25) is 0 Å². The topological polar surface area (TPSA) is 95.9 Å². The van der Waals surface area contributed by atoms with Gasteiger partial charge < -0.3 is 24.1 Å². The van der Waals surface area contributed by atoms with Crippen molar-refractivity contribution in [1.29, 1.82) is 0 Å². The molecule has 34 heavy (non-hydrogen) atoms. The Morgan fingerprint density at radius 2 is 1.68 bits per heavy atom. The molecule has 1 amide bonds. The Morgan fingerprint density at radius 3 is 2.29 bits per heavy atom. The van der Waals surface area contributed by atoms with Gasteiger partial charge in [0.25, 0.3) is 5.91 Å². The van der Waals surface area contributed by atoms with E-state index < -0.39 is 23.9 Å². The molecule has 0 aliphatic heterocycles. The maximum Gasteiger partial charge on any atom is 0.339 e. The van der Waals surface area contributed by atoms with E-state index in [1.54, 1.807) is 87.0 Å². The lowest BCUT2D eigenvalue weighted by atomic mass is 10.1. The fourth-order valence-corrected chi connectivity index (χ4v) is 3.54. The van der Waals surface area contributed by atoms with Gasteiger partial charge in [0.1, 0.15) is 12.3 Å². The van der Waals surface area contributed by atoms with Crippen LogP contribution in [0.25, 0.3) is 0 Å². The number of carbonyl (C=O) groups excluding carboxylic acids is 3. The number of amides is 1. The summed E-state index contributed by atoms with van der Waals surface area (Å²) in [6.45, 7) is 5.35. The molecule has 1 heterocycles. The number of anilines is 1. The van der Waals surface area contributed by atoms with Crippen molar-refractivity contribution in [3.8, 4) is 5.75 Å². The zero-order valence-corrected chi connectivity index (χ0v) is 19.7. The van der Waals surface area contributed by atoms with Gasteiger partial charge in [-0.25, -0.2) is 4.79 Å². The number of nitrogens with one attached hydrogen (secondary N) is 1. The summed E-state index contributed by atoms with van der Waals surface area (Å²) in [5, 5.41) is 2.78. The van der Waals surface area contributed by atoms with E-state index in [2.05, 4.69) is 5.32 Å². The fourth-order valence-electron chi connectivity index (χ4n) is 3.54. The molecule has 3 rings (SSSR count). The van der Waals surface area contributed by atoms with Crippen LogP contribution in [0, 0.1) is 13.8 Å². The van der Waals surface area contributed by atoms with Gasteiger partial charge in [-0.05, 0) is 51.1 Å². The smallest absolute Gasteiger partial charge is 0.339 e. The fraction of sp³-hybridized carbons (Fsp3) is 0.269. The maximum atomic E-state index is 13.1. The second-order valence-electron chi connectivity index (χ2n) is 7.59. The van der Waals surface area contributed by atoms with Crippen LogP contribution >= 0.6 is 0 Å². The quantitative estimate of drug-likeness (QED) is 0.477. The Labute approximate surface area is 198 Å². The number of esters is 2. The molecule has 8 heteroatoms. The summed E-state index contributed by atoms with van der Waals surface area (Å²) in [6.07, 6.45) is -1.16. The Hall–Kier alpha value is -4.07. The third-order valence-electron chi connectivity index (χ3n) is 5.30. The predicted octanol–water partition coefficient (Wildman–Crippen LogP) is 4.21. The number of nitrogens with zero attached hydrogens (tertiary/aromatic N) is 1. The third kappa shape index (κ3) is 5.83. The lowest BCUT2D eigenvalue weighted by Crippen LogP contribution is -2.27. The number of aryl methyl sites for hydroxylation is 1. The molecule has 3 aromatic rings. The molecular formula is C26H28N2O6. The van der Waals surface area contributed by atoms with Crippen LogP contribution in [0.5, 0.6) is 5.75 Å². The lowest BCUT2D eigenvalue weighted by molar-refractivity contribution is -0.155. The summed E-state index contributed by atoms with van der Waals surface area (Å²) >= 11 is 0. The second-order valence-corrected chi connectivity index (χ2v) is 7.59. The van der Waals surface area contributed by atoms with E-state index in [-0.39, 0.29) is 13.2 Å². The van der Waals surface area contributed by atoms with Crippen LogP contribution in [-0.4, -0.2) is 36.1 Å². The Bertz CT molecular complexity index is 1150. The van der Waals surface area contributed by atoms with Crippen LogP contribution in [-0.2, 0) is 25.6 Å². The van der Waals surface area contributed by atoms with Crippen molar-refractivity contribution in [2.24, 2.45) is 0 Å². The van der Waals surface area contributed by atoms with Crippen LogP contribution in [0.3, 0.4) is 0 Å². The Kier molecular flexibility index (Phi) is 8.08. The number of methoxy groups -OCH3 is 1. The van der Waals surface area contributed by atoms with Gasteiger partial charge in [-0.2, -0.15) is 0 Å². The minimum atomic E-state index is -1.16. The SMILES string of the molecule is CCOC(=O)c1cc(C)n(CC(=O)OC(C(=O)Nc2ccc(OC)cc2)c2ccccc2)c1C. The third-order valence-corrected chi connectivity index (χ3v) is 5.30. The highest BCUT2D eigenvalue weighted by Gasteiger charge is 2.26. The van der Waals surface area contributed by atoms with Gasteiger partial charge in [0.15, 0.2) is 0 Å². The summed E-state index contributed by atoms with van der Waals surface area (Å²) in [7, 11) is 1.56. The summed E-state index contributed by atoms with van der Waals surface area (Å²) in [5.74, 6) is -0.895. The highest BCUT2D eigenvalue weighted by molar-refractivity contribution is 5.96. The van der Waals surface area contributed by atoms with Crippen molar-refractivity contribution in [1.82, 2.24) is 4.57 Å². The second kappa shape index (κ2) is 11.2. The molecular weight excluding hydrogens is 436 g/mol. The molecule has 0 saturated heterocycles. The molecule has 8 nitrogen and oxygen atoms in total. The number of carbonyl (C=O) groups is 3. The first kappa shape index (κ1) is 24.6. The van der Waals surface area contributed by atoms with Crippen molar-refractivity contribution in [2.45, 2.75) is 33.4 Å². The average molecular weight is 465 g/mol. The minimum Gasteiger partial charge on any atom is -0.497 e. The largest absolute Gasteiger partial charge is 0.497 e. The van der Waals surface area contributed by atoms with Crippen molar-refractivity contribution in [3.05, 3.63) is 83.2 Å². The molecule has 0 spiro atoms. The number of benzene rings is 2. The van der Waals surface area contributed by atoms with E-state index in [4.69, 9.17) is 14.2 Å². The van der Waals surface area contributed by atoms with E-state index in [0.29, 0.717) is 34.0 Å². The molecule has 1 aromatic heterocycles. The zero-order valence-electron chi connectivity index (χ0n) is 19.7. The number of aromatic nitrogens is 1. The summed E-state index contributed by atoms with van der Waals surface area (Å²) in [4.78, 5) is 38.1. The number of rotatable bonds is 9. The van der Waals surface area contributed by atoms with Gasteiger partial charge in [0.2, 0.25) is 6.10 Å². The van der Waals surface area contributed by atoms with Gasteiger partial charge in [-0.1, -0.05) is 30.3 Å². The van der Waals surface area contributed by atoms with E-state index >= 15 is 0 Å². The number of hydrogen-bond acceptors (Lipinski definition) is 6. The molecule has 2 aromatic carbocycles. The van der Waals surface area contributed by atoms with Gasteiger partial charge in [0, 0.05) is 22.6 Å². The summed E-state index contributed by atoms with van der Waals surface area (Å²) in [5.41, 5.74) is 2.77. The summed E-state index contributed by atoms with van der Waals surface area (Å²) in [6, 6.07) is 17.3. The molecule has 1 N–H and O–H groups in total. The predicted molar refractivity (Wildman–Crippen MR) is 127 cm³/mol. The molecule has 0 bridgehead atoms. The molecule has 1 atom stereocenters. The van der Waals surface area contributed by atoms with Gasteiger partial charge in [0.05, 0.1) is 19.3 Å².